The van der Waals surface area contributed by atoms with Crippen LogP contribution < -0.4 is 14.7 Å². The Morgan fingerprint density at radius 2 is 0.684 bits per heavy atom. The van der Waals surface area contributed by atoms with Crippen LogP contribution in [0.3, 0.4) is 0 Å². The van der Waals surface area contributed by atoms with E-state index >= 15 is 0 Å². The molecule has 2 atom stereocenters. The molecule has 2 unspecified atom stereocenters. The van der Waals surface area contributed by atoms with E-state index < -0.39 is 0 Å². The molecule has 0 fully saturated rings. The van der Waals surface area contributed by atoms with Gasteiger partial charge in [0.25, 0.3) is 0 Å². The molecule has 12 aromatic rings. The lowest BCUT2D eigenvalue weighted by Crippen LogP contribution is -2.28. The Morgan fingerprint density at radius 1 is 0.289 bits per heavy atom. The third-order valence-corrected chi connectivity index (χ3v) is 15.3. The summed E-state index contributed by atoms with van der Waals surface area (Å²) in [5, 5.41) is 2.43. The van der Waals surface area contributed by atoms with Gasteiger partial charge in [0, 0.05) is 67.9 Å². The predicted molar refractivity (Wildman–Crippen MR) is 320 cm³/mol. The van der Waals surface area contributed by atoms with Gasteiger partial charge in [-0.3, -0.25) is 0 Å². The second kappa shape index (κ2) is 19.2. The summed E-state index contributed by atoms with van der Waals surface area (Å²) in [6.07, 6.45) is 9.09. The van der Waals surface area contributed by atoms with Gasteiger partial charge in [-0.25, -0.2) is 0 Å². The minimum Gasteiger partial charge on any atom is -0.333 e. The fraction of sp³-hybridized carbons (Fsp3) is 0.0278. The largest absolute Gasteiger partial charge is 0.333 e. The maximum Gasteiger partial charge on any atom is 0.0629 e. The topological polar surface area (TPSA) is 14.7 Å². The zero-order valence-corrected chi connectivity index (χ0v) is 41.8. The number of aromatic nitrogens is 1. The molecule has 2 aliphatic rings. The van der Waals surface area contributed by atoms with Crippen LogP contribution in [0.5, 0.6) is 0 Å². The smallest absolute Gasteiger partial charge is 0.0629 e. The van der Waals surface area contributed by atoms with Crippen LogP contribution in [-0.4, -0.2) is 10.6 Å². The van der Waals surface area contributed by atoms with Crippen molar-refractivity contribution in [1.82, 2.24) is 4.57 Å². The first-order chi connectivity index (χ1) is 37.7. The number of anilines is 8. The van der Waals surface area contributed by atoms with Gasteiger partial charge in [-0.2, -0.15) is 0 Å². The van der Waals surface area contributed by atoms with E-state index in [-0.39, 0.29) is 12.0 Å². The van der Waals surface area contributed by atoms with E-state index in [2.05, 4.69) is 323 Å². The van der Waals surface area contributed by atoms with Gasteiger partial charge in [0.2, 0.25) is 0 Å². The third kappa shape index (κ3) is 8.05. The van der Waals surface area contributed by atoms with Crippen molar-refractivity contribution in [2.24, 2.45) is 0 Å². The molecule has 4 nitrogen and oxygen atoms in total. The second-order valence-electron chi connectivity index (χ2n) is 19.7. The summed E-state index contributed by atoms with van der Waals surface area (Å²) in [5.74, 6) is 0.238. The van der Waals surface area contributed by atoms with Gasteiger partial charge in [0.15, 0.2) is 0 Å². The molecular formula is C72H52N4. The van der Waals surface area contributed by atoms with Crippen molar-refractivity contribution in [3.8, 4) is 39.1 Å². The molecule has 76 heavy (non-hydrogen) atoms. The summed E-state index contributed by atoms with van der Waals surface area (Å²) in [6, 6.07) is 102. The maximum absolute atomic E-state index is 2.49. The molecule has 0 spiro atoms. The Hall–Kier alpha value is -9.90. The van der Waals surface area contributed by atoms with E-state index in [4.69, 9.17) is 0 Å². The Labute approximate surface area is 444 Å². The molecule has 0 saturated heterocycles. The zero-order chi connectivity index (χ0) is 50.4. The highest BCUT2D eigenvalue weighted by molar-refractivity contribution is 6.10. The first-order valence-corrected chi connectivity index (χ1v) is 26.2. The Bertz CT molecular complexity index is 4070. The van der Waals surface area contributed by atoms with Crippen LogP contribution in [0, 0.1) is 0 Å². The van der Waals surface area contributed by atoms with Crippen molar-refractivity contribution in [2.75, 3.05) is 14.7 Å². The van der Waals surface area contributed by atoms with Crippen molar-refractivity contribution < 1.29 is 0 Å². The molecule has 0 saturated carbocycles. The maximum atomic E-state index is 2.49. The number of nitrogens with zero attached hydrogens (tertiary/aromatic N) is 4. The lowest BCUT2D eigenvalue weighted by atomic mass is 9.91. The van der Waals surface area contributed by atoms with Crippen LogP contribution in [-0.2, 0) is 0 Å². The SMILES string of the molecule is C1=CC2c3cc(N(c4ccc(-c5ccccc5)cc4)c4ccc(-c5ccc(N(c6ccc(-c7ccccc7)cc6)c6ccc7c(c6)c6ccccc6n7-c6ccccc6)cc5)cc4)ccc3N(c3ccccc3)C2C=C1. The van der Waals surface area contributed by atoms with Crippen LogP contribution in [0.25, 0.3) is 60.9 Å². The van der Waals surface area contributed by atoms with E-state index in [1.54, 1.807) is 0 Å². The summed E-state index contributed by atoms with van der Waals surface area (Å²) in [7, 11) is 0. The summed E-state index contributed by atoms with van der Waals surface area (Å²) in [5.41, 5.74) is 21.0. The minimum absolute atomic E-state index is 0.214. The molecule has 1 aliphatic carbocycles. The standard InChI is InChI=1S/C72H52N4/c1-5-17-51(18-6-1)53-29-37-59(38-30-53)73(63-45-47-71-67(49-63)65-25-13-15-27-69(65)75(71)57-21-9-3-10-22-57)61-41-33-55(34-42-61)56-35-43-62(44-36-56)74(60-39-31-54(32-40-60)52-19-7-2-8-20-52)64-46-48-72-68(50-64)66-26-14-16-28-70(66)76(72)58-23-11-4-12-24-58/h1-50,65,69H. The van der Waals surface area contributed by atoms with Crippen molar-refractivity contribution >= 4 is 67.3 Å². The Balaban J connectivity index is 0.829. The summed E-state index contributed by atoms with van der Waals surface area (Å²) < 4.78 is 2.38. The summed E-state index contributed by atoms with van der Waals surface area (Å²) in [6.45, 7) is 0. The molecule has 360 valence electrons. The molecule has 0 N–H and O–H groups in total. The molecule has 0 bridgehead atoms. The number of rotatable bonds is 11. The van der Waals surface area contributed by atoms with E-state index in [9.17, 15) is 0 Å². The van der Waals surface area contributed by atoms with Gasteiger partial charge in [-0.05, 0) is 154 Å². The van der Waals surface area contributed by atoms with Gasteiger partial charge in [-0.15, -0.1) is 0 Å². The normalized spacial score (nSPS) is 14.4. The van der Waals surface area contributed by atoms with Crippen LogP contribution >= 0.6 is 0 Å². The van der Waals surface area contributed by atoms with Gasteiger partial charge in [0.05, 0.1) is 17.1 Å². The van der Waals surface area contributed by atoms with Gasteiger partial charge < -0.3 is 19.3 Å². The molecule has 1 aliphatic heterocycles. The number of fused-ring (bicyclic) bond motifs is 6. The Kier molecular flexibility index (Phi) is 11.3. The number of allylic oxidation sites excluding steroid dienone is 2. The van der Waals surface area contributed by atoms with Crippen molar-refractivity contribution in [3.63, 3.8) is 0 Å². The van der Waals surface area contributed by atoms with Crippen LogP contribution in [0.15, 0.2) is 303 Å². The van der Waals surface area contributed by atoms with E-state index in [0.29, 0.717) is 0 Å². The molecule has 0 amide bonds. The fourth-order valence-corrected chi connectivity index (χ4v) is 11.7. The highest BCUT2D eigenvalue weighted by atomic mass is 15.2. The van der Waals surface area contributed by atoms with Crippen molar-refractivity contribution in [1.29, 1.82) is 0 Å². The first-order valence-electron chi connectivity index (χ1n) is 26.2. The highest BCUT2D eigenvalue weighted by Crippen LogP contribution is 2.50. The van der Waals surface area contributed by atoms with Crippen LogP contribution in [0.2, 0.25) is 0 Å². The van der Waals surface area contributed by atoms with E-state index in [0.717, 1.165) is 50.9 Å². The molecule has 4 heteroatoms. The number of para-hydroxylation sites is 3. The molecule has 11 aromatic carbocycles. The molecule has 14 rings (SSSR count). The molecule has 2 heterocycles. The second-order valence-corrected chi connectivity index (χ2v) is 19.7. The van der Waals surface area contributed by atoms with E-state index in [1.807, 2.05) is 0 Å². The summed E-state index contributed by atoms with van der Waals surface area (Å²) >= 11 is 0. The van der Waals surface area contributed by atoms with Gasteiger partial charge in [0.1, 0.15) is 0 Å². The average Bonchev–Trinajstić information content (AvgIpc) is 4.04. The monoisotopic (exact) mass is 972 g/mol. The van der Waals surface area contributed by atoms with Crippen molar-refractivity contribution in [2.45, 2.75) is 12.0 Å². The number of hydrogen-bond donors (Lipinski definition) is 0. The number of benzene rings is 11. The van der Waals surface area contributed by atoms with Crippen LogP contribution in [0.1, 0.15) is 11.5 Å². The third-order valence-electron chi connectivity index (χ3n) is 15.3. The lowest BCUT2D eigenvalue weighted by Gasteiger charge is -2.28. The van der Waals surface area contributed by atoms with Gasteiger partial charge in [-0.1, -0.05) is 188 Å². The van der Waals surface area contributed by atoms with Crippen molar-refractivity contribution in [3.05, 3.63) is 309 Å². The highest BCUT2D eigenvalue weighted by Gasteiger charge is 2.38. The first kappa shape index (κ1) is 44.8. The number of hydrogen-bond acceptors (Lipinski definition) is 3. The van der Waals surface area contributed by atoms with Crippen LogP contribution in [0.4, 0.5) is 45.5 Å². The zero-order valence-electron chi connectivity index (χ0n) is 41.8. The lowest BCUT2D eigenvalue weighted by molar-refractivity contribution is 0.745. The molecular weight excluding hydrogens is 921 g/mol. The Morgan fingerprint density at radius 3 is 1.21 bits per heavy atom. The minimum atomic E-state index is 0.214. The average molecular weight is 973 g/mol. The fourth-order valence-electron chi connectivity index (χ4n) is 11.7. The predicted octanol–water partition coefficient (Wildman–Crippen LogP) is 19.5. The summed E-state index contributed by atoms with van der Waals surface area (Å²) in [4.78, 5) is 7.28. The molecule has 0 radical (unpaired) electrons. The van der Waals surface area contributed by atoms with E-state index in [1.165, 1.54) is 61.0 Å². The quantitative estimate of drug-likeness (QED) is 0.128. The van der Waals surface area contributed by atoms with Gasteiger partial charge >= 0.3 is 0 Å². The molecule has 1 aromatic heterocycles.